The van der Waals surface area contributed by atoms with Gasteiger partial charge in [-0.1, -0.05) is 11.6 Å². The van der Waals surface area contributed by atoms with Crippen LogP contribution in [0.1, 0.15) is 42.1 Å². The topological polar surface area (TPSA) is 90.3 Å². The summed E-state index contributed by atoms with van der Waals surface area (Å²) in [5, 5.41) is 7.28. The van der Waals surface area contributed by atoms with Crippen molar-refractivity contribution in [3.05, 3.63) is 41.2 Å². The fraction of sp³-hybridized carbons (Fsp3) is 0.444. The Morgan fingerprint density at radius 3 is 2.63 bits per heavy atom. The number of anilines is 1. The average Bonchev–Trinajstić information content (AvgIpc) is 3.20. The highest BCUT2D eigenvalue weighted by atomic mass is 35.5. The molecule has 7 nitrogen and oxygen atoms in total. The zero-order valence-corrected chi connectivity index (χ0v) is 16.3. The number of nitrogens with one attached hydrogen (secondary N) is 1. The number of hydrogen-bond acceptors (Lipinski definition) is 5. The van der Waals surface area contributed by atoms with Gasteiger partial charge in [-0.15, -0.1) is 0 Å². The smallest absolute Gasteiger partial charge is 0.258 e. The SMILES string of the molecule is CS(=O)(=O)c1cc(Cl)cc(NC(=O)c2cnn(C3CC4CCC(C3)O4)c2)c1. The summed E-state index contributed by atoms with van der Waals surface area (Å²) in [6.07, 6.45) is 8.92. The fourth-order valence-corrected chi connectivity index (χ4v) is 4.74. The van der Waals surface area contributed by atoms with Crippen molar-refractivity contribution in [2.24, 2.45) is 0 Å². The van der Waals surface area contributed by atoms with Gasteiger partial charge in [0.2, 0.25) is 0 Å². The van der Waals surface area contributed by atoms with Crippen LogP contribution in [0.15, 0.2) is 35.5 Å². The Hall–Kier alpha value is -1.90. The monoisotopic (exact) mass is 409 g/mol. The molecule has 0 spiro atoms. The molecule has 3 heterocycles. The fourth-order valence-electron chi connectivity index (χ4n) is 3.75. The third kappa shape index (κ3) is 4.02. The van der Waals surface area contributed by atoms with Gasteiger partial charge in [-0.25, -0.2) is 8.42 Å². The third-order valence-electron chi connectivity index (χ3n) is 5.06. The van der Waals surface area contributed by atoms with Crippen molar-refractivity contribution in [3.8, 4) is 0 Å². The standard InChI is InChI=1S/C18H20ClN3O4S/c1-27(24,25)17-5-12(19)4-13(6-17)21-18(23)11-9-20-22(10-11)14-7-15-2-3-16(8-14)26-15/h4-6,9-10,14-16H,2-3,7-8H2,1H3,(H,21,23). The molecule has 2 saturated heterocycles. The molecule has 2 unspecified atom stereocenters. The second kappa shape index (κ2) is 6.92. The van der Waals surface area contributed by atoms with Crippen molar-refractivity contribution in [1.29, 1.82) is 0 Å². The van der Waals surface area contributed by atoms with Crippen molar-refractivity contribution in [2.45, 2.75) is 48.8 Å². The number of hydrogen-bond donors (Lipinski definition) is 1. The lowest BCUT2D eigenvalue weighted by molar-refractivity contribution is -0.0181. The first kappa shape index (κ1) is 18.5. The largest absolute Gasteiger partial charge is 0.375 e. The van der Waals surface area contributed by atoms with Crippen LogP contribution in [0.25, 0.3) is 0 Å². The molecule has 0 aliphatic carbocycles. The van der Waals surface area contributed by atoms with Crippen LogP contribution in [0.2, 0.25) is 5.02 Å². The minimum atomic E-state index is -3.43. The zero-order chi connectivity index (χ0) is 19.2. The summed E-state index contributed by atoms with van der Waals surface area (Å²) in [5.74, 6) is -0.363. The maximum Gasteiger partial charge on any atom is 0.258 e. The Kier molecular flexibility index (Phi) is 4.73. The van der Waals surface area contributed by atoms with Gasteiger partial charge in [0.15, 0.2) is 9.84 Å². The van der Waals surface area contributed by atoms with Crippen molar-refractivity contribution in [2.75, 3.05) is 11.6 Å². The quantitative estimate of drug-likeness (QED) is 0.837. The summed E-state index contributed by atoms with van der Waals surface area (Å²) >= 11 is 5.98. The van der Waals surface area contributed by atoms with Crippen LogP contribution in [-0.4, -0.2) is 42.6 Å². The van der Waals surface area contributed by atoms with Gasteiger partial charge in [0.1, 0.15) is 0 Å². The average molecular weight is 410 g/mol. The van der Waals surface area contributed by atoms with E-state index in [1.165, 1.54) is 24.4 Å². The maximum absolute atomic E-state index is 12.5. The van der Waals surface area contributed by atoms with Crippen LogP contribution in [-0.2, 0) is 14.6 Å². The first-order chi connectivity index (χ1) is 12.8. The van der Waals surface area contributed by atoms with Gasteiger partial charge in [-0.3, -0.25) is 9.48 Å². The molecular weight excluding hydrogens is 390 g/mol. The van der Waals surface area contributed by atoms with E-state index >= 15 is 0 Å². The third-order valence-corrected chi connectivity index (χ3v) is 6.37. The molecule has 0 saturated carbocycles. The summed E-state index contributed by atoms with van der Waals surface area (Å²) in [6.45, 7) is 0. The van der Waals surface area contributed by atoms with Crippen LogP contribution < -0.4 is 5.32 Å². The molecule has 1 aromatic heterocycles. The maximum atomic E-state index is 12.5. The van der Waals surface area contributed by atoms with E-state index in [1.54, 1.807) is 6.20 Å². The van der Waals surface area contributed by atoms with Crippen LogP contribution >= 0.6 is 11.6 Å². The van der Waals surface area contributed by atoms with Crippen molar-refractivity contribution in [1.82, 2.24) is 9.78 Å². The number of amides is 1. The lowest BCUT2D eigenvalue weighted by Crippen LogP contribution is -2.27. The molecule has 27 heavy (non-hydrogen) atoms. The predicted molar refractivity (Wildman–Crippen MR) is 101 cm³/mol. The molecule has 1 N–H and O–H groups in total. The van der Waals surface area contributed by atoms with Gasteiger partial charge in [0, 0.05) is 23.2 Å². The molecular formula is C18H20ClN3O4S. The Morgan fingerprint density at radius 2 is 1.96 bits per heavy atom. The van der Waals surface area contributed by atoms with Crippen molar-refractivity contribution < 1.29 is 17.9 Å². The van der Waals surface area contributed by atoms with E-state index < -0.39 is 9.84 Å². The highest BCUT2D eigenvalue weighted by Gasteiger charge is 2.36. The lowest BCUT2D eigenvalue weighted by Gasteiger charge is -2.28. The molecule has 0 radical (unpaired) electrons. The van der Waals surface area contributed by atoms with Gasteiger partial charge in [-0.05, 0) is 43.9 Å². The molecule has 2 aromatic rings. The Morgan fingerprint density at radius 1 is 1.26 bits per heavy atom. The number of halogens is 1. The van der Waals surface area contributed by atoms with Crippen molar-refractivity contribution in [3.63, 3.8) is 0 Å². The van der Waals surface area contributed by atoms with E-state index in [-0.39, 0.29) is 34.1 Å². The number of fused-ring (bicyclic) bond motifs is 2. The van der Waals surface area contributed by atoms with E-state index in [2.05, 4.69) is 10.4 Å². The molecule has 144 valence electrons. The Bertz CT molecular complexity index is 976. The van der Waals surface area contributed by atoms with Gasteiger partial charge < -0.3 is 10.1 Å². The second-order valence-corrected chi connectivity index (χ2v) is 9.65. The number of carbonyl (C=O) groups excluding carboxylic acids is 1. The number of rotatable bonds is 4. The number of benzene rings is 1. The summed E-state index contributed by atoms with van der Waals surface area (Å²) in [7, 11) is -3.43. The van der Waals surface area contributed by atoms with E-state index in [9.17, 15) is 13.2 Å². The lowest BCUT2D eigenvalue weighted by atomic mass is 10.0. The number of aromatic nitrogens is 2. The summed E-state index contributed by atoms with van der Waals surface area (Å²) in [6, 6.07) is 4.49. The predicted octanol–water partition coefficient (Wildman–Crippen LogP) is 3.07. The molecule has 2 fully saturated rings. The second-order valence-electron chi connectivity index (χ2n) is 7.19. The van der Waals surface area contributed by atoms with E-state index in [1.807, 2.05) is 4.68 Å². The van der Waals surface area contributed by atoms with Crippen molar-refractivity contribution >= 4 is 33.0 Å². The first-order valence-corrected chi connectivity index (χ1v) is 11.1. The highest BCUT2D eigenvalue weighted by Crippen LogP contribution is 2.38. The number of sulfone groups is 1. The zero-order valence-electron chi connectivity index (χ0n) is 14.8. The van der Waals surface area contributed by atoms with Gasteiger partial charge in [0.05, 0.1) is 34.9 Å². The van der Waals surface area contributed by atoms with Crippen LogP contribution in [0.5, 0.6) is 0 Å². The molecule has 9 heteroatoms. The molecule has 2 aliphatic heterocycles. The summed E-state index contributed by atoms with van der Waals surface area (Å²) < 4.78 is 31.2. The van der Waals surface area contributed by atoms with Crippen LogP contribution in [0.3, 0.4) is 0 Å². The van der Waals surface area contributed by atoms with Crippen LogP contribution in [0.4, 0.5) is 5.69 Å². The molecule has 4 rings (SSSR count). The van der Waals surface area contributed by atoms with Gasteiger partial charge >= 0.3 is 0 Å². The number of ether oxygens (including phenoxy) is 1. The van der Waals surface area contributed by atoms with Gasteiger partial charge in [0.25, 0.3) is 5.91 Å². The number of nitrogens with zero attached hydrogens (tertiary/aromatic N) is 2. The van der Waals surface area contributed by atoms with Crippen LogP contribution in [0, 0.1) is 0 Å². The van der Waals surface area contributed by atoms with E-state index in [0.29, 0.717) is 11.3 Å². The Labute approximate surface area is 162 Å². The minimum Gasteiger partial charge on any atom is -0.375 e. The Balaban J connectivity index is 1.50. The molecule has 2 bridgehead atoms. The molecule has 1 amide bonds. The van der Waals surface area contributed by atoms with Gasteiger partial charge in [-0.2, -0.15) is 5.10 Å². The minimum absolute atomic E-state index is 0.0543. The summed E-state index contributed by atoms with van der Waals surface area (Å²) in [5.41, 5.74) is 0.736. The van der Waals surface area contributed by atoms with E-state index in [0.717, 1.165) is 31.9 Å². The molecule has 2 atom stereocenters. The molecule has 1 aromatic carbocycles. The first-order valence-electron chi connectivity index (χ1n) is 8.79. The highest BCUT2D eigenvalue weighted by molar-refractivity contribution is 7.90. The molecule has 2 aliphatic rings. The summed E-state index contributed by atoms with van der Waals surface area (Å²) in [4.78, 5) is 12.6. The number of carbonyl (C=O) groups is 1. The normalized spacial score (nSPS) is 24.7. The van der Waals surface area contributed by atoms with E-state index in [4.69, 9.17) is 16.3 Å².